The molecule has 0 aromatic carbocycles. The summed E-state index contributed by atoms with van der Waals surface area (Å²) in [4.78, 5) is 11.3. The molecule has 0 unspecified atom stereocenters. The summed E-state index contributed by atoms with van der Waals surface area (Å²) in [6, 6.07) is 3.63. The SMILES string of the molecule is C=C(C)C(=O)c1cccn1C. The van der Waals surface area contributed by atoms with E-state index in [1.165, 1.54) is 0 Å². The Labute approximate surface area is 66.1 Å². The summed E-state index contributed by atoms with van der Waals surface area (Å²) in [5.41, 5.74) is 1.27. The number of hydrogen-bond donors (Lipinski definition) is 0. The van der Waals surface area contributed by atoms with Crippen LogP contribution in [0.3, 0.4) is 0 Å². The molecule has 1 rings (SSSR count). The van der Waals surface area contributed by atoms with Crippen molar-refractivity contribution in [1.82, 2.24) is 4.57 Å². The molecule has 1 aromatic rings. The number of Topliss-reactive ketones (excluding diaryl/α,β-unsaturated/α-hetero) is 1. The highest BCUT2D eigenvalue weighted by molar-refractivity contribution is 6.06. The molecule has 0 atom stereocenters. The average Bonchev–Trinajstić information content (AvgIpc) is 2.33. The monoisotopic (exact) mass is 149 g/mol. The highest BCUT2D eigenvalue weighted by atomic mass is 16.1. The Kier molecular flexibility index (Phi) is 1.94. The van der Waals surface area contributed by atoms with Crippen molar-refractivity contribution in [2.24, 2.45) is 7.05 Å². The number of aryl methyl sites for hydroxylation is 1. The zero-order chi connectivity index (χ0) is 8.43. The van der Waals surface area contributed by atoms with Gasteiger partial charge in [0.2, 0.25) is 5.78 Å². The lowest BCUT2D eigenvalue weighted by molar-refractivity contribution is 0.102. The van der Waals surface area contributed by atoms with Gasteiger partial charge >= 0.3 is 0 Å². The number of rotatable bonds is 2. The van der Waals surface area contributed by atoms with Crippen LogP contribution in [0.15, 0.2) is 30.5 Å². The van der Waals surface area contributed by atoms with Gasteiger partial charge in [-0.1, -0.05) is 6.58 Å². The molecule has 0 aliphatic rings. The third kappa shape index (κ3) is 1.40. The fourth-order valence-electron chi connectivity index (χ4n) is 0.916. The van der Waals surface area contributed by atoms with E-state index in [4.69, 9.17) is 0 Å². The van der Waals surface area contributed by atoms with Crippen LogP contribution in [0.2, 0.25) is 0 Å². The van der Waals surface area contributed by atoms with E-state index in [9.17, 15) is 4.79 Å². The Bertz CT molecular complexity index is 296. The minimum Gasteiger partial charge on any atom is -0.348 e. The van der Waals surface area contributed by atoms with Gasteiger partial charge < -0.3 is 4.57 Å². The molecule has 11 heavy (non-hydrogen) atoms. The van der Waals surface area contributed by atoms with Gasteiger partial charge in [-0.05, 0) is 24.6 Å². The van der Waals surface area contributed by atoms with E-state index in [0.717, 1.165) is 0 Å². The van der Waals surface area contributed by atoms with E-state index >= 15 is 0 Å². The van der Waals surface area contributed by atoms with Crippen LogP contribution in [-0.4, -0.2) is 10.4 Å². The van der Waals surface area contributed by atoms with E-state index in [0.29, 0.717) is 11.3 Å². The molecule has 0 saturated heterocycles. The number of hydrogen-bond acceptors (Lipinski definition) is 1. The predicted octanol–water partition coefficient (Wildman–Crippen LogP) is 1.78. The van der Waals surface area contributed by atoms with E-state index in [2.05, 4.69) is 6.58 Å². The van der Waals surface area contributed by atoms with Crippen LogP contribution in [0.4, 0.5) is 0 Å². The first kappa shape index (κ1) is 7.79. The van der Waals surface area contributed by atoms with E-state index in [-0.39, 0.29) is 5.78 Å². The predicted molar refractivity (Wildman–Crippen MR) is 44.6 cm³/mol. The molecule has 2 nitrogen and oxygen atoms in total. The van der Waals surface area contributed by atoms with Crippen LogP contribution >= 0.6 is 0 Å². The van der Waals surface area contributed by atoms with Crippen molar-refractivity contribution >= 4 is 5.78 Å². The average molecular weight is 149 g/mol. The molecule has 0 aliphatic heterocycles. The maximum Gasteiger partial charge on any atom is 0.204 e. The summed E-state index contributed by atoms with van der Waals surface area (Å²) in [5.74, 6) is 0.0116. The summed E-state index contributed by atoms with van der Waals surface area (Å²) in [6.07, 6.45) is 1.84. The lowest BCUT2D eigenvalue weighted by Crippen LogP contribution is -2.05. The van der Waals surface area contributed by atoms with Crippen LogP contribution < -0.4 is 0 Å². The van der Waals surface area contributed by atoms with Crippen molar-refractivity contribution in [1.29, 1.82) is 0 Å². The van der Waals surface area contributed by atoms with Crippen LogP contribution in [0.1, 0.15) is 17.4 Å². The third-order valence-corrected chi connectivity index (χ3v) is 1.56. The number of carbonyl (C=O) groups is 1. The maximum absolute atomic E-state index is 11.3. The normalized spacial score (nSPS) is 9.64. The van der Waals surface area contributed by atoms with E-state index in [1.807, 2.05) is 19.3 Å². The van der Waals surface area contributed by atoms with Gasteiger partial charge in [0.1, 0.15) is 0 Å². The van der Waals surface area contributed by atoms with Crippen molar-refractivity contribution < 1.29 is 4.79 Å². The van der Waals surface area contributed by atoms with Gasteiger partial charge in [-0.25, -0.2) is 0 Å². The zero-order valence-electron chi connectivity index (χ0n) is 6.79. The number of ketones is 1. The van der Waals surface area contributed by atoms with Crippen molar-refractivity contribution in [3.8, 4) is 0 Å². The minimum atomic E-state index is 0.0116. The van der Waals surface area contributed by atoms with Gasteiger partial charge in [-0.15, -0.1) is 0 Å². The van der Waals surface area contributed by atoms with Crippen LogP contribution in [0.5, 0.6) is 0 Å². The molecule has 0 radical (unpaired) electrons. The van der Waals surface area contributed by atoms with Gasteiger partial charge in [-0.3, -0.25) is 4.79 Å². The topological polar surface area (TPSA) is 22.0 Å². The Hall–Kier alpha value is -1.31. The minimum absolute atomic E-state index is 0.0116. The first-order valence-electron chi connectivity index (χ1n) is 3.44. The van der Waals surface area contributed by atoms with Gasteiger partial charge in [0, 0.05) is 13.2 Å². The van der Waals surface area contributed by atoms with Crippen molar-refractivity contribution in [3.05, 3.63) is 36.2 Å². The van der Waals surface area contributed by atoms with E-state index < -0.39 is 0 Å². The quantitative estimate of drug-likeness (QED) is 0.464. The molecular weight excluding hydrogens is 138 g/mol. The van der Waals surface area contributed by atoms with Gasteiger partial charge in [0.05, 0.1) is 5.69 Å². The van der Waals surface area contributed by atoms with Crippen molar-refractivity contribution in [2.45, 2.75) is 6.92 Å². The molecule has 0 amide bonds. The molecule has 0 aliphatic carbocycles. The second-order valence-electron chi connectivity index (χ2n) is 2.61. The summed E-state index contributed by atoms with van der Waals surface area (Å²) >= 11 is 0. The number of allylic oxidation sites excluding steroid dienone is 1. The fourth-order valence-corrected chi connectivity index (χ4v) is 0.916. The Balaban J connectivity index is 3.02. The number of aromatic nitrogens is 1. The Morgan fingerprint density at radius 1 is 1.64 bits per heavy atom. The van der Waals surface area contributed by atoms with Crippen LogP contribution in [0.25, 0.3) is 0 Å². The fraction of sp³-hybridized carbons (Fsp3) is 0.222. The molecular formula is C9H11NO. The van der Waals surface area contributed by atoms with Gasteiger partial charge in [0.25, 0.3) is 0 Å². The molecule has 0 fully saturated rings. The molecule has 0 spiro atoms. The molecule has 58 valence electrons. The highest BCUT2D eigenvalue weighted by Crippen LogP contribution is 2.05. The molecule has 1 heterocycles. The van der Waals surface area contributed by atoms with Gasteiger partial charge in [-0.2, -0.15) is 0 Å². The molecule has 1 aromatic heterocycles. The van der Waals surface area contributed by atoms with Gasteiger partial charge in [0.15, 0.2) is 0 Å². The summed E-state index contributed by atoms with van der Waals surface area (Å²) in [6.45, 7) is 5.31. The summed E-state index contributed by atoms with van der Waals surface area (Å²) < 4.78 is 1.79. The Morgan fingerprint density at radius 2 is 2.27 bits per heavy atom. The van der Waals surface area contributed by atoms with Crippen LogP contribution in [0, 0.1) is 0 Å². The largest absolute Gasteiger partial charge is 0.348 e. The Morgan fingerprint density at radius 3 is 2.64 bits per heavy atom. The maximum atomic E-state index is 11.3. The van der Waals surface area contributed by atoms with E-state index in [1.54, 1.807) is 17.6 Å². The molecule has 0 N–H and O–H groups in total. The lowest BCUT2D eigenvalue weighted by Gasteiger charge is -1.99. The standard InChI is InChI=1S/C9H11NO/c1-7(2)9(11)8-5-4-6-10(8)3/h4-6H,1H2,2-3H3. The lowest BCUT2D eigenvalue weighted by atomic mass is 10.2. The first-order valence-corrected chi connectivity index (χ1v) is 3.44. The third-order valence-electron chi connectivity index (χ3n) is 1.56. The second-order valence-corrected chi connectivity index (χ2v) is 2.61. The zero-order valence-corrected chi connectivity index (χ0v) is 6.79. The highest BCUT2D eigenvalue weighted by Gasteiger charge is 2.07. The summed E-state index contributed by atoms with van der Waals surface area (Å²) in [5, 5.41) is 0. The first-order chi connectivity index (χ1) is 5.13. The molecule has 0 saturated carbocycles. The second kappa shape index (κ2) is 2.74. The van der Waals surface area contributed by atoms with Crippen LogP contribution in [-0.2, 0) is 7.05 Å². The van der Waals surface area contributed by atoms with Crippen molar-refractivity contribution in [3.63, 3.8) is 0 Å². The van der Waals surface area contributed by atoms with Crippen molar-refractivity contribution in [2.75, 3.05) is 0 Å². The summed E-state index contributed by atoms with van der Waals surface area (Å²) in [7, 11) is 1.84. The number of nitrogens with zero attached hydrogens (tertiary/aromatic N) is 1. The number of carbonyl (C=O) groups excluding carboxylic acids is 1. The smallest absolute Gasteiger partial charge is 0.204 e. The molecule has 0 bridgehead atoms. The molecule has 2 heteroatoms.